The summed E-state index contributed by atoms with van der Waals surface area (Å²) in [6.45, 7) is -0.863. The Morgan fingerprint density at radius 2 is 1.47 bits per heavy atom. The van der Waals surface area contributed by atoms with Crippen molar-refractivity contribution in [2.75, 3.05) is 13.1 Å². The van der Waals surface area contributed by atoms with E-state index in [9.17, 15) is 40.7 Å². The number of aromatic nitrogens is 1. The van der Waals surface area contributed by atoms with E-state index in [2.05, 4.69) is 10.6 Å². The van der Waals surface area contributed by atoms with Crippen LogP contribution in [0.2, 0.25) is 0 Å². The highest BCUT2D eigenvalue weighted by Gasteiger charge is 2.34. The van der Waals surface area contributed by atoms with Crippen LogP contribution in [-0.4, -0.2) is 29.5 Å². The highest BCUT2D eigenvalue weighted by atomic mass is 19.4. The normalized spacial score (nSPS) is 11.8. The first-order chi connectivity index (χ1) is 13.9. The van der Waals surface area contributed by atoms with E-state index in [1.807, 2.05) is 0 Å². The van der Waals surface area contributed by atoms with Gasteiger partial charge in [0.15, 0.2) is 0 Å². The maximum atomic E-state index is 12.7. The topological polar surface area (TPSA) is 80.2 Å². The van der Waals surface area contributed by atoms with E-state index in [-0.39, 0.29) is 18.7 Å². The second-order valence-corrected chi connectivity index (χ2v) is 6.03. The standard InChI is InChI=1S/C18H15F6N3O3/c19-17(20,21)12-5-3-11(4-6-12)15(29)26-8-7-25-14(28)10-27-9-1-2-13(16(27)30)18(22,23)24/h1-6,9H,7-8,10H2,(H,25,28)(H,26,29). The molecule has 0 spiro atoms. The van der Waals surface area contributed by atoms with Gasteiger partial charge in [0.1, 0.15) is 12.1 Å². The zero-order chi connectivity index (χ0) is 22.5. The number of carbonyl (C=O) groups is 2. The van der Waals surface area contributed by atoms with Crippen molar-refractivity contribution >= 4 is 11.8 Å². The molecule has 2 aromatic rings. The molecule has 0 saturated carbocycles. The molecule has 0 aliphatic rings. The van der Waals surface area contributed by atoms with Gasteiger partial charge in [0.05, 0.1) is 5.56 Å². The zero-order valence-electron chi connectivity index (χ0n) is 15.1. The van der Waals surface area contributed by atoms with Crippen LogP contribution in [0.4, 0.5) is 26.3 Å². The fourth-order valence-electron chi connectivity index (χ4n) is 2.38. The Hall–Kier alpha value is -3.31. The highest BCUT2D eigenvalue weighted by Crippen LogP contribution is 2.29. The zero-order valence-corrected chi connectivity index (χ0v) is 15.1. The van der Waals surface area contributed by atoms with Gasteiger partial charge in [-0.3, -0.25) is 14.4 Å². The molecule has 6 nitrogen and oxygen atoms in total. The molecule has 0 bridgehead atoms. The van der Waals surface area contributed by atoms with Crippen LogP contribution in [-0.2, 0) is 23.7 Å². The van der Waals surface area contributed by atoms with Gasteiger partial charge in [0, 0.05) is 24.8 Å². The number of hydrogen-bond acceptors (Lipinski definition) is 3. The lowest BCUT2D eigenvalue weighted by molar-refractivity contribution is -0.139. The van der Waals surface area contributed by atoms with Crippen molar-refractivity contribution in [1.29, 1.82) is 0 Å². The lowest BCUT2D eigenvalue weighted by Crippen LogP contribution is -2.38. The second-order valence-electron chi connectivity index (χ2n) is 6.03. The quantitative estimate of drug-likeness (QED) is 0.541. The van der Waals surface area contributed by atoms with Crippen molar-refractivity contribution in [3.63, 3.8) is 0 Å². The molecule has 0 unspecified atom stereocenters. The Bertz CT molecular complexity index is 965. The molecule has 0 radical (unpaired) electrons. The van der Waals surface area contributed by atoms with Crippen molar-refractivity contribution in [2.45, 2.75) is 18.9 Å². The van der Waals surface area contributed by atoms with Gasteiger partial charge in [-0.25, -0.2) is 0 Å². The van der Waals surface area contributed by atoms with E-state index in [1.54, 1.807) is 0 Å². The van der Waals surface area contributed by atoms with Crippen molar-refractivity contribution in [3.05, 3.63) is 69.6 Å². The average molecular weight is 435 g/mol. The van der Waals surface area contributed by atoms with E-state index >= 15 is 0 Å². The molecule has 1 aromatic carbocycles. The fraction of sp³-hybridized carbons (Fsp3) is 0.278. The number of rotatable bonds is 6. The van der Waals surface area contributed by atoms with Crippen LogP contribution >= 0.6 is 0 Å². The molecule has 0 aliphatic carbocycles. The number of nitrogens with one attached hydrogen (secondary N) is 2. The number of hydrogen-bond donors (Lipinski definition) is 2. The summed E-state index contributed by atoms with van der Waals surface area (Å²) in [5, 5.41) is 4.67. The van der Waals surface area contributed by atoms with E-state index in [1.165, 1.54) is 0 Å². The number of nitrogens with zero attached hydrogens (tertiary/aromatic N) is 1. The number of pyridine rings is 1. The van der Waals surface area contributed by atoms with E-state index in [0.717, 1.165) is 36.5 Å². The van der Waals surface area contributed by atoms with Crippen LogP contribution in [0.25, 0.3) is 0 Å². The summed E-state index contributed by atoms with van der Waals surface area (Å²) in [4.78, 5) is 35.4. The number of carbonyl (C=O) groups excluding carboxylic acids is 2. The summed E-state index contributed by atoms with van der Waals surface area (Å²) < 4.78 is 76.2. The van der Waals surface area contributed by atoms with Gasteiger partial charge in [0.25, 0.3) is 11.5 Å². The van der Waals surface area contributed by atoms with E-state index < -0.39 is 47.4 Å². The summed E-state index contributed by atoms with van der Waals surface area (Å²) in [5.41, 5.74) is -3.70. The molecule has 0 atom stereocenters. The molecule has 2 N–H and O–H groups in total. The van der Waals surface area contributed by atoms with Crippen molar-refractivity contribution in [2.24, 2.45) is 0 Å². The van der Waals surface area contributed by atoms with Gasteiger partial charge in [-0.05, 0) is 36.4 Å². The van der Waals surface area contributed by atoms with E-state index in [4.69, 9.17) is 0 Å². The predicted octanol–water partition coefficient (Wildman–Crippen LogP) is 2.43. The highest BCUT2D eigenvalue weighted by molar-refractivity contribution is 5.94. The monoisotopic (exact) mass is 435 g/mol. The number of amides is 2. The average Bonchev–Trinajstić information content (AvgIpc) is 2.65. The summed E-state index contributed by atoms with van der Waals surface area (Å²) >= 11 is 0. The van der Waals surface area contributed by atoms with Gasteiger partial charge in [-0.2, -0.15) is 26.3 Å². The van der Waals surface area contributed by atoms with Crippen LogP contribution in [0, 0.1) is 0 Å². The molecular weight excluding hydrogens is 420 g/mol. The first kappa shape index (κ1) is 23.0. The molecule has 30 heavy (non-hydrogen) atoms. The Kier molecular flexibility index (Phi) is 6.90. The molecule has 162 valence electrons. The molecule has 2 amide bonds. The van der Waals surface area contributed by atoms with Crippen LogP contribution in [0.3, 0.4) is 0 Å². The Balaban J connectivity index is 1.83. The van der Waals surface area contributed by atoms with Gasteiger partial charge in [0.2, 0.25) is 5.91 Å². The summed E-state index contributed by atoms with van der Waals surface area (Å²) in [7, 11) is 0. The summed E-state index contributed by atoms with van der Waals surface area (Å²) in [6, 6.07) is 5.09. The van der Waals surface area contributed by atoms with Crippen LogP contribution in [0.1, 0.15) is 21.5 Å². The van der Waals surface area contributed by atoms with Gasteiger partial charge in [-0.1, -0.05) is 0 Å². The largest absolute Gasteiger partial charge is 0.421 e. The minimum atomic E-state index is -4.85. The summed E-state index contributed by atoms with van der Waals surface area (Å²) in [6.07, 6.45) is -8.34. The molecule has 0 aliphatic heterocycles. The van der Waals surface area contributed by atoms with Crippen molar-refractivity contribution in [1.82, 2.24) is 15.2 Å². The molecule has 0 saturated heterocycles. The lowest BCUT2D eigenvalue weighted by Gasteiger charge is -2.11. The number of halogens is 6. The SMILES string of the molecule is O=C(Cn1cccc(C(F)(F)F)c1=O)NCCNC(=O)c1ccc(C(F)(F)F)cc1. The Labute approximate surface area is 165 Å². The van der Waals surface area contributed by atoms with E-state index in [0.29, 0.717) is 10.6 Å². The number of alkyl halides is 6. The van der Waals surface area contributed by atoms with Gasteiger partial charge in [-0.15, -0.1) is 0 Å². The lowest BCUT2D eigenvalue weighted by atomic mass is 10.1. The molecule has 12 heteroatoms. The van der Waals surface area contributed by atoms with Crippen molar-refractivity contribution in [3.8, 4) is 0 Å². The minimum Gasteiger partial charge on any atom is -0.353 e. The maximum Gasteiger partial charge on any atom is 0.421 e. The first-order valence-electron chi connectivity index (χ1n) is 8.38. The molecule has 0 fully saturated rings. The minimum absolute atomic E-state index is 0.0233. The van der Waals surface area contributed by atoms with Crippen LogP contribution < -0.4 is 16.2 Å². The maximum absolute atomic E-state index is 12.7. The number of benzene rings is 1. The van der Waals surface area contributed by atoms with Crippen molar-refractivity contribution < 1.29 is 35.9 Å². The fourth-order valence-corrected chi connectivity index (χ4v) is 2.38. The Morgan fingerprint density at radius 3 is 2.03 bits per heavy atom. The van der Waals surface area contributed by atoms with Crippen LogP contribution in [0.15, 0.2) is 47.4 Å². The third kappa shape index (κ3) is 6.09. The Morgan fingerprint density at radius 1 is 0.867 bits per heavy atom. The molecular formula is C18H15F6N3O3. The van der Waals surface area contributed by atoms with Gasteiger partial charge < -0.3 is 15.2 Å². The second kappa shape index (κ2) is 9.01. The molecule has 1 aromatic heterocycles. The van der Waals surface area contributed by atoms with Crippen LogP contribution in [0.5, 0.6) is 0 Å². The first-order valence-corrected chi connectivity index (χ1v) is 8.38. The molecule has 1 heterocycles. The van der Waals surface area contributed by atoms with Gasteiger partial charge >= 0.3 is 12.4 Å². The third-order valence-electron chi connectivity index (χ3n) is 3.85. The summed E-state index contributed by atoms with van der Waals surface area (Å²) in [5.74, 6) is -1.44. The third-order valence-corrected chi connectivity index (χ3v) is 3.85. The predicted molar refractivity (Wildman–Crippen MR) is 92.5 cm³/mol. The molecule has 2 rings (SSSR count). The smallest absolute Gasteiger partial charge is 0.353 e.